The van der Waals surface area contributed by atoms with Crippen molar-refractivity contribution in [3.63, 3.8) is 0 Å². The van der Waals surface area contributed by atoms with Crippen molar-refractivity contribution in [2.45, 2.75) is 18.9 Å². The van der Waals surface area contributed by atoms with Gasteiger partial charge in [0.25, 0.3) is 5.91 Å². The van der Waals surface area contributed by atoms with Crippen molar-refractivity contribution in [1.29, 1.82) is 0 Å². The lowest BCUT2D eigenvalue weighted by atomic mass is 10.0. The standard InChI is InChI=1S/C13H18N2O2/c1-15-8-6-11(7-9-15)14-13(17)10-2-4-12(16)5-3-10/h2-5,11,16H,6-9H2,1H3,(H,14,17). The number of carbonyl (C=O) groups excluding carboxylic acids is 1. The fourth-order valence-electron chi connectivity index (χ4n) is 2.03. The second kappa shape index (κ2) is 5.19. The van der Waals surface area contributed by atoms with Crippen LogP contribution in [0.5, 0.6) is 5.75 Å². The van der Waals surface area contributed by atoms with Gasteiger partial charge in [-0.2, -0.15) is 0 Å². The first-order valence-corrected chi connectivity index (χ1v) is 5.93. The molecule has 0 atom stereocenters. The predicted molar refractivity (Wildman–Crippen MR) is 66.1 cm³/mol. The van der Waals surface area contributed by atoms with Gasteiger partial charge in [0.1, 0.15) is 5.75 Å². The van der Waals surface area contributed by atoms with Gasteiger partial charge >= 0.3 is 0 Å². The second-order valence-corrected chi connectivity index (χ2v) is 4.60. The van der Waals surface area contributed by atoms with E-state index < -0.39 is 0 Å². The number of nitrogens with one attached hydrogen (secondary N) is 1. The minimum Gasteiger partial charge on any atom is -0.508 e. The maximum Gasteiger partial charge on any atom is 0.251 e. The SMILES string of the molecule is CN1CCC(NC(=O)c2ccc(O)cc2)CC1. The molecule has 0 radical (unpaired) electrons. The van der Waals surface area contributed by atoms with E-state index in [2.05, 4.69) is 17.3 Å². The Balaban J connectivity index is 1.91. The van der Waals surface area contributed by atoms with Gasteiger partial charge in [-0.25, -0.2) is 0 Å². The molecule has 1 saturated heterocycles. The van der Waals surface area contributed by atoms with E-state index in [1.165, 1.54) is 12.1 Å². The minimum atomic E-state index is -0.0560. The average Bonchev–Trinajstić information content (AvgIpc) is 2.33. The molecule has 0 aromatic heterocycles. The van der Waals surface area contributed by atoms with E-state index in [1.54, 1.807) is 12.1 Å². The van der Waals surface area contributed by atoms with Crippen LogP contribution in [0.4, 0.5) is 0 Å². The molecule has 1 heterocycles. The van der Waals surface area contributed by atoms with Crippen molar-refractivity contribution in [1.82, 2.24) is 10.2 Å². The van der Waals surface area contributed by atoms with Crippen LogP contribution in [-0.2, 0) is 0 Å². The summed E-state index contributed by atoms with van der Waals surface area (Å²) in [5.41, 5.74) is 0.599. The lowest BCUT2D eigenvalue weighted by Gasteiger charge is -2.29. The molecule has 17 heavy (non-hydrogen) atoms. The van der Waals surface area contributed by atoms with E-state index in [-0.39, 0.29) is 17.7 Å². The average molecular weight is 234 g/mol. The van der Waals surface area contributed by atoms with Gasteiger partial charge in [-0.05, 0) is 57.2 Å². The number of hydrogen-bond acceptors (Lipinski definition) is 3. The highest BCUT2D eigenvalue weighted by molar-refractivity contribution is 5.94. The summed E-state index contributed by atoms with van der Waals surface area (Å²) < 4.78 is 0. The van der Waals surface area contributed by atoms with Crippen LogP contribution in [0.15, 0.2) is 24.3 Å². The maximum absolute atomic E-state index is 11.9. The largest absolute Gasteiger partial charge is 0.508 e. The van der Waals surface area contributed by atoms with Crippen LogP contribution >= 0.6 is 0 Å². The van der Waals surface area contributed by atoms with Crippen LogP contribution in [0.25, 0.3) is 0 Å². The summed E-state index contributed by atoms with van der Waals surface area (Å²) in [5.74, 6) is 0.125. The third-order valence-electron chi connectivity index (χ3n) is 3.18. The highest BCUT2D eigenvalue weighted by Gasteiger charge is 2.18. The Hall–Kier alpha value is -1.55. The maximum atomic E-state index is 11.9. The summed E-state index contributed by atoms with van der Waals surface area (Å²) in [4.78, 5) is 14.2. The van der Waals surface area contributed by atoms with Gasteiger partial charge in [-0.3, -0.25) is 4.79 Å². The zero-order valence-corrected chi connectivity index (χ0v) is 10.0. The molecule has 4 heteroatoms. The van der Waals surface area contributed by atoms with Crippen LogP contribution in [-0.4, -0.2) is 42.1 Å². The number of benzene rings is 1. The summed E-state index contributed by atoms with van der Waals surface area (Å²) in [7, 11) is 2.10. The van der Waals surface area contributed by atoms with Crippen molar-refractivity contribution in [3.05, 3.63) is 29.8 Å². The Morgan fingerprint density at radius 2 is 1.88 bits per heavy atom. The summed E-state index contributed by atoms with van der Waals surface area (Å²) in [6, 6.07) is 6.61. The van der Waals surface area contributed by atoms with Gasteiger partial charge in [0.15, 0.2) is 0 Å². The number of amides is 1. The molecule has 1 aromatic carbocycles. The summed E-state index contributed by atoms with van der Waals surface area (Å²) in [6.07, 6.45) is 2.00. The molecule has 0 bridgehead atoms. The molecular formula is C13H18N2O2. The number of carbonyl (C=O) groups is 1. The lowest BCUT2D eigenvalue weighted by molar-refractivity contribution is 0.0917. The number of phenols is 1. The van der Waals surface area contributed by atoms with E-state index in [4.69, 9.17) is 5.11 Å². The van der Waals surface area contributed by atoms with E-state index >= 15 is 0 Å². The number of hydrogen-bond donors (Lipinski definition) is 2. The second-order valence-electron chi connectivity index (χ2n) is 4.60. The van der Waals surface area contributed by atoms with Gasteiger partial charge in [0, 0.05) is 11.6 Å². The van der Waals surface area contributed by atoms with Gasteiger partial charge in [-0.15, -0.1) is 0 Å². The molecule has 1 aromatic rings. The van der Waals surface area contributed by atoms with Gasteiger partial charge in [0.2, 0.25) is 0 Å². The van der Waals surface area contributed by atoms with Crippen molar-refractivity contribution >= 4 is 5.91 Å². The topological polar surface area (TPSA) is 52.6 Å². The monoisotopic (exact) mass is 234 g/mol. The van der Waals surface area contributed by atoms with E-state index in [0.717, 1.165) is 25.9 Å². The van der Waals surface area contributed by atoms with Crippen LogP contribution < -0.4 is 5.32 Å². The Bertz CT molecular complexity index is 381. The Morgan fingerprint density at radius 3 is 2.47 bits per heavy atom. The Kier molecular flexibility index (Phi) is 3.64. The number of nitrogens with zero attached hydrogens (tertiary/aromatic N) is 1. The molecule has 0 unspecified atom stereocenters. The highest BCUT2D eigenvalue weighted by atomic mass is 16.3. The molecule has 92 valence electrons. The van der Waals surface area contributed by atoms with Crippen LogP contribution in [0.1, 0.15) is 23.2 Å². The third kappa shape index (κ3) is 3.20. The fourth-order valence-corrected chi connectivity index (χ4v) is 2.03. The normalized spacial score (nSPS) is 17.9. The van der Waals surface area contributed by atoms with Gasteiger partial charge in [-0.1, -0.05) is 0 Å². The van der Waals surface area contributed by atoms with E-state index in [9.17, 15) is 4.79 Å². The first-order chi connectivity index (χ1) is 8.15. The molecule has 4 nitrogen and oxygen atoms in total. The fraction of sp³-hybridized carbons (Fsp3) is 0.462. The van der Waals surface area contributed by atoms with Crippen LogP contribution in [0, 0.1) is 0 Å². The molecule has 1 aliphatic rings. The zero-order chi connectivity index (χ0) is 12.3. The summed E-state index contributed by atoms with van der Waals surface area (Å²) in [6.45, 7) is 2.06. The molecule has 2 N–H and O–H groups in total. The van der Waals surface area contributed by atoms with Crippen molar-refractivity contribution in [3.8, 4) is 5.75 Å². The van der Waals surface area contributed by atoms with Gasteiger partial charge in [0.05, 0.1) is 0 Å². The van der Waals surface area contributed by atoms with Crippen LogP contribution in [0.3, 0.4) is 0 Å². The first-order valence-electron chi connectivity index (χ1n) is 5.93. The highest BCUT2D eigenvalue weighted by Crippen LogP contribution is 2.12. The molecule has 1 fully saturated rings. The lowest BCUT2D eigenvalue weighted by Crippen LogP contribution is -2.43. The number of piperidine rings is 1. The van der Waals surface area contributed by atoms with E-state index in [0.29, 0.717) is 5.56 Å². The quantitative estimate of drug-likeness (QED) is 0.809. The third-order valence-corrected chi connectivity index (χ3v) is 3.18. The molecule has 1 amide bonds. The molecule has 0 saturated carbocycles. The molecule has 2 rings (SSSR count). The van der Waals surface area contributed by atoms with Crippen LogP contribution in [0.2, 0.25) is 0 Å². The first kappa shape index (κ1) is 11.9. The molecule has 1 aliphatic heterocycles. The Labute approximate surface area is 101 Å². The Morgan fingerprint density at radius 1 is 1.29 bits per heavy atom. The number of aromatic hydroxyl groups is 1. The molecule has 0 aliphatic carbocycles. The number of phenolic OH excluding ortho intramolecular Hbond substituents is 1. The summed E-state index contributed by atoms with van der Waals surface area (Å²) >= 11 is 0. The number of likely N-dealkylation sites (tertiary alicyclic amines) is 1. The summed E-state index contributed by atoms with van der Waals surface area (Å²) in [5, 5.41) is 12.2. The minimum absolute atomic E-state index is 0.0560. The van der Waals surface area contributed by atoms with E-state index in [1.807, 2.05) is 0 Å². The smallest absolute Gasteiger partial charge is 0.251 e. The van der Waals surface area contributed by atoms with Crippen molar-refractivity contribution in [2.24, 2.45) is 0 Å². The van der Waals surface area contributed by atoms with Crippen molar-refractivity contribution < 1.29 is 9.90 Å². The van der Waals surface area contributed by atoms with Gasteiger partial charge < -0.3 is 15.3 Å². The van der Waals surface area contributed by atoms with Crippen molar-refractivity contribution in [2.75, 3.05) is 20.1 Å². The molecule has 0 spiro atoms. The number of rotatable bonds is 2. The predicted octanol–water partition coefficient (Wildman–Crippen LogP) is 1.22. The molecular weight excluding hydrogens is 216 g/mol. The zero-order valence-electron chi connectivity index (χ0n) is 10.0.